The zero-order valence-corrected chi connectivity index (χ0v) is 17.4. The van der Waals surface area contributed by atoms with Gasteiger partial charge in [0.1, 0.15) is 0 Å². The van der Waals surface area contributed by atoms with Crippen LogP contribution < -0.4 is 10.1 Å². The van der Waals surface area contributed by atoms with Gasteiger partial charge in [-0.15, -0.1) is 0 Å². The van der Waals surface area contributed by atoms with Gasteiger partial charge in [0, 0.05) is 11.3 Å². The maximum atomic E-state index is 12.8. The number of carbonyl (C=O) groups is 1. The molecule has 0 unspecified atom stereocenters. The molecule has 0 saturated heterocycles. The van der Waals surface area contributed by atoms with Gasteiger partial charge in [-0.2, -0.15) is 13.2 Å². The van der Waals surface area contributed by atoms with Gasteiger partial charge in [0.25, 0.3) is 5.91 Å². The molecule has 0 aromatic heterocycles. The Morgan fingerprint density at radius 3 is 2.31 bits per heavy atom. The second-order valence-electron chi connectivity index (χ2n) is 6.56. The first kappa shape index (κ1) is 23.4. The van der Waals surface area contributed by atoms with Crippen molar-refractivity contribution in [1.29, 1.82) is 0 Å². The van der Waals surface area contributed by atoms with Crippen LogP contribution in [0, 0.1) is 0 Å². The van der Waals surface area contributed by atoms with Crippen molar-refractivity contribution in [2.45, 2.75) is 45.2 Å². The van der Waals surface area contributed by atoms with Gasteiger partial charge in [0.05, 0.1) is 22.2 Å². The number of nitrogens with one attached hydrogen (secondary N) is 1. The molecule has 0 saturated carbocycles. The fraction of sp³-hybridized carbons (Fsp3) is 0.381. The van der Waals surface area contributed by atoms with Crippen LogP contribution in [0.2, 0.25) is 10.0 Å². The van der Waals surface area contributed by atoms with E-state index in [0.717, 1.165) is 37.8 Å². The van der Waals surface area contributed by atoms with Crippen molar-refractivity contribution in [3.8, 4) is 5.75 Å². The van der Waals surface area contributed by atoms with Crippen molar-refractivity contribution in [2.24, 2.45) is 0 Å². The molecule has 0 aliphatic rings. The maximum Gasteiger partial charge on any atom is 0.416 e. The number of anilines is 1. The number of amides is 1. The van der Waals surface area contributed by atoms with Crippen LogP contribution in [0.1, 0.15) is 54.9 Å². The molecule has 2 rings (SSSR count). The minimum Gasteiger partial charge on any atom is -0.490 e. The first-order valence-corrected chi connectivity index (χ1v) is 10.1. The Morgan fingerprint density at radius 1 is 1.03 bits per heavy atom. The molecule has 0 atom stereocenters. The summed E-state index contributed by atoms with van der Waals surface area (Å²) < 4.78 is 44.1. The monoisotopic (exact) mass is 447 g/mol. The Hall–Kier alpha value is -1.92. The minimum atomic E-state index is -4.50. The number of ether oxygens (including phenoxy) is 1. The van der Waals surface area contributed by atoms with E-state index in [2.05, 4.69) is 12.2 Å². The molecular weight excluding hydrogens is 426 g/mol. The molecule has 2 aromatic carbocycles. The van der Waals surface area contributed by atoms with E-state index in [1.165, 1.54) is 30.7 Å². The highest BCUT2D eigenvalue weighted by atomic mass is 35.5. The van der Waals surface area contributed by atoms with Gasteiger partial charge in [0.2, 0.25) is 0 Å². The predicted molar refractivity (Wildman–Crippen MR) is 110 cm³/mol. The standard InChI is InChI=1S/C21H22Cl2F3NO2/c1-2-3-4-5-6-10-29-19-17(22)11-14(12-18(19)23)20(28)27-16-9-7-8-15(13-16)21(24,25)26/h7-9,11-13H,2-6,10H2,1H3,(H,27,28). The van der Waals surface area contributed by atoms with Crippen molar-refractivity contribution < 1.29 is 22.7 Å². The fourth-order valence-corrected chi connectivity index (χ4v) is 3.28. The Labute approximate surface area is 178 Å². The van der Waals surface area contributed by atoms with Crippen LogP contribution in [0.25, 0.3) is 0 Å². The highest BCUT2D eigenvalue weighted by Gasteiger charge is 2.30. The van der Waals surface area contributed by atoms with Crippen LogP contribution in [-0.4, -0.2) is 12.5 Å². The molecule has 0 heterocycles. The molecule has 29 heavy (non-hydrogen) atoms. The smallest absolute Gasteiger partial charge is 0.416 e. The third-order valence-corrected chi connectivity index (χ3v) is 4.76. The van der Waals surface area contributed by atoms with Crippen LogP contribution in [0.3, 0.4) is 0 Å². The van der Waals surface area contributed by atoms with Crippen molar-refractivity contribution in [3.63, 3.8) is 0 Å². The van der Waals surface area contributed by atoms with Crippen molar-refractivity contribution in [3.05, 3.63) is 57.6 Å². The molecule has 1 amide bonds. The summed E-state index contributed by atoms with van der Waals surface area (Å²) in [6.07, 6.45) is 0.879. The zero-order chi connectivity index (χ0) is 21.4. The summed E-state index contributed by atoms with van der Waals surface area (Å²) in [5.41, 5.74) is -0.716. The average molecular weight is 448 g/mol. The number of benzene rings is 2. The van der Waals surface area contributed by atoms with Gasteiger partial charge in [-0.25, -0.2) is 0 Å². The molecule has 0 bridgehead atoms. The molecular formula is C21H22Cl2F3NO2. The van der Waals surface area contributed by atoms with E-state index in [1.807, 2.05) is 0 Å². The predicted octanol–water partition coefficient (Wildman–Crippen LogP) is 7.61. The van der Waals surface area contributed by atoms with Crippen LogP contribution in [0.15, 0.2) is 36.4 Å². The number of carbonyl (C=O) groups excluding carboxylic acids is 1. The topological polar surface area (TPSA) is 38.3 Å². The molecule has 0 aliphatic heterocycles. The third kappa shape index (κ3) is 7.12. The average Bonchev–Trinajstić information content (AvgIpc) is 2.65. The van der Waals surface area contributed by atoms with Gasteiger partial charge >= 0.3 is 6.18 Å². The van der Waals surface area contributed by atoms with Gasteiger partial charge < -0.3 is 10.1 Å². The second-order valence-corrected chi connectivity index (χ2v) is 7.38. The lowest BCUT2D eigenvalue weighted by molar-refractivity contribution is -0.137. The molecule has 0 spiro atoms. The molecule has 0 aliphatic carbocycles. The molecule has 1 N–H and O–H groups in total. The SMILES string of the molecule is CCCCCCCOc1c(Cl)cc(C(=O)Nc2cccc(C(F)(F)F)c2)cc1Cl. The number of hydrogen-bond donors (Lipinski definition) is 1. The Kier molecular flexibility index (Phi) is 8.65. The highest BCUT2D eigenvalue weighted by molar-refractivity contribution is 6.37. The summed E-state index contributed by atoms with van der Waals surface area (Å²) in [5.74, 6) is -0.335. The maximum absolute atomic E-state index is 12.8. The second kappa shape index (κ2) is 10.7. The van der Waals surface area contributed by atoms with Crippen molar-refractivity contribution in [1.82, 2.24) is 0 Å². The van der Waals surface area contributed by atoms with Gasteiger partial charge in [-0.3, -0.25) is 4.79 Å². The normalized spacial score (nSPS) is 11.4. The number of alkyl halides is 3. The first-order valence-electron chi connectivity index (χ1n) is 9.33. The quantitative estimate of drug-likeness (QED) is 0.401. The molecule has 2 aromatic rings. The molecule has 8 heteroatoms. The summed E-state index contributed by atoms with van der Waals surface area (Å²) in [6, 6.07) is 7.13. The lowest BCUT2D eigenvalue weighted by Crippen LogP contribution is -2.13. The van der Waals surface area contributed by atoms with Crippen LogP contribution >= 0.6 is 23.2 Å². The minimum absolute atomic E-state index is 0.0180. The van der Waals surface area contributed by atoms with Crippen molar-refractivity contribution >= 4 is 34.8 Å². The number of unbranched alkanes of at least 4 members (excludes halogenated alkanes) is 4. The van der Waals surface area contributed by atoms with Crippen LogP contribution in [0.4, 0.5) is 18.9 Å². The van der Waals surface area contributed by atoms with E-state index in [0.29, 0.717) is 12.4 Å². The molecule has 3 nitrogen and oxygen atoms in total. The van der Waals surface area contributed by atoms with E-state index in [4.69, 9.17) is 27.9 Å². The summed E-state index contributed by atoms with van der Waals surface area (Å²) in [7, 11) is 0. The number of hydrogen-bond acceptors (Lipinski definition) is 2. The van der Waals surface area contributed by atoms with E-state index >= 15 is 0 Å². The summed E-state index contributed by atoms with van der Waals surface area (Å²) in [5, 5.41) is 2.75. The van der Waals surface area contributed by atoms with Crippen LogP contribution in [0.5, 0.6) is 5.75 Å². The lowest BCUT2D eigenvalue weighted by atomic mass is 10.1. The molecule has 158 valence electrons. The number of halogens is 5. The third-order valence-electron chi connectivity index (χ3n) is 4.20. The van der Waals surface area contributed by atoms with E-state index in [9.17, 15) is 18.0 Å². The van der Waals surface area contributed by atoms with E-state index < -0.39 is 17.6 Å². The molecule has 0 radical (unpaired) electrons. The number of rotatable bonds is 9. The highest BCUT2D eigenvalue weighted by Crippen LogP contribution is 2.35. The summed E-state index contributed by atoms with van der Waals surface area (Å²) >= 11 is 12.4. The van der Waals surface area contributed by atoms with Crippen LogP contribution in [-0.2, 0) is 6.18 Å². The first-order chi connectivity index (χ1) is 13.7. The Morgan fingerprint density at radius 2 is 1.69 bits per heavy atom. The zero-order valence-electron chi connectivity index (χ0n) is 15.9. The van der Waals surface area contributed by atoms with Gasteiger partial charge in [-0.1, -0.05) is 61.9 Å². The Balaban J connectivity index is 2.03. The molecule has 0 fully saturated rings. The lowest BCUT2D eigenvalue weighted by Gasteiger charge is -2.13. The largest absolute Gasteiger partial charge is 0.490 e. The summed E-state index contributed by atoms with van der Waals surface area (Å²) in [4.78, 5) is 12.4. The van der Waals surface area contributed by atoms with Crippen molar-refractivity contribution in [2.75, 3.05) is 11.9 Å². The Bertz CT molecular complexity index is 818. The van der Waals surface area contributed by atoms with E-state index in [1.54, 1.807) is 0 Å². The summed E-state index contributed by atoms with van der Waals surface area (Å²) in [6.45, 7) is 2.60. The van der Waals surface area contributed by atoms with E-state index in [-0.39, 0.29) is 21.3 Å². The fourth-order valence-electron chi connectivity index (χ4n) is 2.69. The van der Waals surface area contributed by atoms with Gasteiger partial charge in [0.15, 0.2) is 5.75 Å². The van der Waals surface area contributed by atoms with Gasteiger partial charge in [-0.05, 0) is 36.8 Å².